The Balaban J connectivity index is 2.41. The van der Waals surface area contributed by atoms with Crippen LogP contribution in [-0.4, -0.2) is 25.8 Å². The zero-order valence-electron chi connectivity index (χ0n) is 9.84. The number of nitrogens with zero attached hydrogens (tertiary/aromatic N) is 3. The zero-order chi connectivity index (χ0) is 12.6. The molecule has 0 spiro atoms. The van der Waals surface area contributed by atoms with Crippen LogP contribution < -0.4 is 0 Å². The van der Waals surface area contributed by atoms with Crippen LogP contribution in [0.15, 0.2) is 17.6 Å². The average molecular weight is 251 g/mol. The van der Waals surface area contributed by atoms with E-state index in [0.29, 0.717) is 5.69 Å². The largest absolute Gasteiger partial charge is 0.481 e. The first-order chi connectivity index (χ1) is 7.93. The van der Waals surface area contributed by atoms with Gasteiger partial charge in [-0.3, -0.25) is 9.48 Å². The minimum atomic E-state index is -0.965. The van der Waals surface area contributed by atoms with Gasteiger partial charge in [-0.2, -0.15) is 5.10 Å². The molecule has 0 atom stereocenters. The van der Waals surface area contributed by atoms with Crippen molar-refractivity contribution in [2.45, 2.75) is 19.3 Å². The maximum Gasteiger partial charge on any atom is 0.315 e. The third-order valence-corrected chi connectivity index (χ3v) is 3.58. The summed E-state index contributed by atoms with van der Waals surface area (Å²) in [6.45, 7) is 3.30. The molecular formula is C11H13N3O2S. The van der Waals surface area contributed by atoms with Crippen LogP contribution in [0.25, 0.3) is 10.7 Å². The highest BCUT2D eigenvalue weighted by atomic mass is 32.1. The summed E-state index contributed by atoms with van der Waals surface area (Å²) in [7, 11) is 1.83. The molecule has 0 aliphatic rings. The van der Waals surface area contributed by atoms with Crippen LogP contribution in [0.2, 0.25) is 0 Å². The molecule has 0 fully saturated rings. The monoisotopic (exact) mass is 251 g/mol. The first-order valence-corrected chi connectivity index (χ1v) is 5.98. The molecule has 2 rings (SSSR count). The molecule has 0 aliphatic carbocycles. The third kappa shape index (κ3) is 1.95. The normalized spacial score (nSPS) is 11.7. The van der Waals surface area contributed by atoms with Gasteiger partial charge in [-0.1, -0.05) is 0 Å². The number of aromatic nitrogens is 3. The van der Waals surface area contributed by atoms with E-state index in [0.717, 1.165) is 10.7 Å². The number of hydrogen-bond acceptors (Lipinski definition) is 4. The fourth-order valence-electron chi connectivity index (χ4n) is 1.37. The summed E-state index contributed by atoms with van der Waals surface area (Å²) in [6.07, 6.45) is 1.69. The molecule has 2 heterocycles. The summed E-state index contributed by atoms with van der Waals surface area (Å²) in [4.78, 5) is 15.5. The van der Waals surface area contributed by atoms with E-state index in [1.807, 2.05) is 13.1 Å². The van der Waals surface area contributed by atoms with E-state index in [-0.39, 0.29) is 0 Å². The Morgan fingerprint density at radius 1 is 1.53 bits per heavy atom. The van der Waals surface area contributed by atoms with Crippen molar-refractivity contribution in [3.8, 4) is 10.7 Å². The summed E-state index contributed by atoms with van der Waals surface area (Å²) < 4.78 is 1.72. The van der Waals surface area contributed by atoms with Crippen molar-refractivity contribution in [3.63, 3.8) is 0 Å². The second-order valence-electron chi connectivity index (χ2n) is 4.31. The molecule has 17 heavy (non-hydrogen) atoms. The zero-order valence-corrected chi connectivity index (χ0v) is 10.7. The van der Waals surface area contributed by atoms with E-state index >= 15 is 0 Å². The van der Waals surface area contributed by atoms with E-state index < -0.39 is 11.4 Å². The van der Waals surface area contributed by atoms with E-state index in [1.54, 1.807) is 30.1 Å². The van der Waals surface area contributed by atoms with Gasteiger partial charge in [0.25, 0.3) is 0 Å². The fraction of sp³-hybridized carbons (Fsp3) is 0.364. The number of thiazole rings is 1. The van der Waals surface area contributed by atoms with E-state index in [9.17, 15) is 4.79 Å². The van der Waals surface area contributed by atoms with Crippen LogP contribution in [0.4, 0.5) is 0 Å². The quantitative estimate of drug-likeness (QED) is 0.904. The maximum absolute atomic E-state index is 11.1. The molecule has 0 aromatic carbocycles. The van der Waals surface area contributed by atoms with Crippen molar-refractivity contribution in [1.82, 2.24) is 14.8 Å². The lowest BCUT2D eigenvalue weighted by atomic mass is 9.90. The first kappa shape index (κ1) is 11.8. The summed E-state index contributed by atoms with van der Waals surface area (Å²) >= 11 is 1.43. The molecule has 0 bridgehead atoms. The Hall–Kier alpha value is -1.69. The first-order valence-electron chi connectivity index (χ1n) is 5.10. The Bertz CT molecular complexity index is 557. The lowest BCUT2D eigenvalue weighted by molar-refractivity contribution is -0.142. The number of carboxylic acids is 1. The van der Waals surface area contributed by atoms with Gasteiger partial charge in [0.2, 0.25) is 0 Å². The second-order valence-corrected chi connectivity index (χ2v) is 5.17. The second kappa shape index (κ2) is 3.96. The Morgan fingerprint density at radius 3 is 2.76 bits per heavy atom. The van der Waals surface area contributed by atoms with Crippen molar-refractivity contribution >= 4 is 17.3 Å². The SMILES string of the molecule is Cn1nccc1-c1nc(C(C)(C)C(=O)O)cs1. The number of aryl methyl sites for hydroxylation is 1. The van der Waals surface area contributed by atoms with E-state index in [2.05, 4.69) is 10.1 Å². The van der Waals surface area contributed by atoms with Gasteiger partial charge in [0.05, 0.1) is 11.4 Å². The van der Waals surface area contributed by atoms with E-state index in [4.69, 9.17) is 5.11 Å². The summed E-state index contributed by atoms with van der Waals surface area (Å²) in [5.41, 5.74) is 0.501. The smallest absolute Gasteiger partial charge is 0.315 e. The highest BCUT2D eigenvalue weighted by Gasteiger charge is 2.32. The van der Waals surface area contributed by atoms with Gasteiger partial charge in [-0.15, -0.1) is 11.3 Å². The van der Waals surface area contributed by atoms with Crippen molar-refractivity contribution in [3.05, 3.63) is 23.3 Å². The number of carboxylic acid groups (broad SMARTS) is 1. The third-order valence-electron chi connectivity index (χ3n) is 2.72. The topological polar surface area (TPSA) is 68.0 Å². The van der Waals surface area contributed by atoms with Crippen LogP contribution in [0.3, 0.4) is 0 Å². The molecule has 0 radical (unpaired) electrons. The average Bonchev–Trinajstić information content (AvgIpc) is 2.85. The van der Waals surface area contributed by atoms with Crippen molar-refractivity contribution in [2.24, 2.45) is 7.05 Å². The molecule has 0 amide bonds. The Morgan fingerprint density at radius 2 is 2.24 bits per heavy atom. The van der Waals surface area contributed by atoms with Crippen LogP contribution >= 0.6 is 11.3 Å². The molecule has 0 aliphatic heterocycles. The van der Waals surface area contributed by atoms with Gasteiger partial charge in [-0.25, -0.2) is 4.98 Å². The maximum atomic E-state index is 11.1. The lowest BCUT2D eigenvalue weighted by Crippen LogP contribution is -2.28. The summed E-state index contributed by atoms with van der Waals surface area (Å²) in [5.74, 6) is -0.876. The van der Waals surface area contributed by atoms with Gasteiger partial charge >= 0.3 is 5.97 Å². The molecular weight excluding hydrogens is 238 g/mol. The van der Waals surface area contributed by atoms with Crippen LogP contribution in [0.1, 0.15) is 19.5 Å². The van der Waals surface area contributed by atoms with Gasteiger partial charge in [0.1, 0.15) is 10.4 Å². The van der Waals surface area contributed by atoms with Crippen LogP contribution in [0, 0.1) is 0 Å². The minimum Gasteiger partial charge on any atom is -0.481 e. The molecule has 2 aromatic rings. The van der Waals surface area contributed by atoms with Gasteiger partial charge in [0, 0.05) is 18.6 Å². The molecule has 6 heteroatoms. The number of aliphatic carboxylic acids is 1. The minimum absolute atomic E-state index is 0.575. The molecule has 2 aromatic heterocycles. The summed E-state index contributed by atoms with van der Waals surface area (Å²) in [6, 6.07) is 1.86. The molecule has 0 unspecified atom stereocenters. The molecule has 1 N–H and O–H groups in total. The van der Waals surface area contributed by atoms with Crippen LogP contribution in [0.5, 0.6) is 0 Å². The van der Waals surface area contributed by atoms with E-state index in [1.165, 1.54) is 11.3 Å². The number of hydrogen-bond donors (Lipinski definition) is 1. The van der Waals surface area contributed by atoms with Gasteiger partial charge < -0.3 is 5.11 Å². The van der Waals surface area contributed by atoms with Gasteiger partial charge in [0.15, 0.2) is 0 Å². The fourth-order valence-corrected chi connectivity index (χ4v) is 2.41. The standard InChI is InChI=1S/C11H13N3O2S/c1-11(2,10(15)16)8-6-17-9(13-8)7-4-5-12-14(7)3/h4-6H,1-3H3,(H,15,16). The van der Waals surface area contributed by atoms with Crippen molar-refractivity contribution < 1.29 is 9.90 Å². The molecule has 5 nitrogen and oxygen atoms in total. The number of rotatable bonds is 3. The van der Waals surface area contributed by atoms with Crippen molar-refractivity contribution in [2.75, 3.05) is 0 Å². The molecule has 0 saturated carbocycles. The van der Waals surface area contributed by atoms with Crippen molar-refractivity contribution in [1.29, 1.82) is 0 Å². The lowest BCUT2D eigenvalue weighted by Gasteiger charge is -2.15. The van der Waals surface area contributed by atoms with Gasteiger partial charge in [-0.05, 0) is 19.9 Å². The highest BCUT2D eigenvalue weighted by Crippen LogP contribution is 2.29. The predicted molar refractivity (Wildman–Crippen MR) is 65.0 cm³/mol. The number of carbonyl (C=O) groups is 1. The summed E-state index contributed by atoms with van der Waals surface area (Å²) in [5, 5.41) is 15.8. The molecule has 90 valence electrons. The molecule has 0 saturated heterocycles. The van der Waals surface area contributed by atoms with Crippen LogP contribution in [-0.2, 0) is 17.3 Å². The predicted octanol–water partition coefficient (Wildman–Crippen LogP) is 1.91. The Labute approximate surface area is 103 Å². The highest BCUT2D eigenvalue weighted by molar-refractivity contribution is 7.13. The Kier molecular flexibility index (Phi) is 2.74.